The van der Waals surface area contributed by atoms with Gasteiger partial charge in [0.25, 0.3) is 11.8 Å². The SMILES string of the molecule is Cc1cccn2cc(COc3ccccc3C(=O)NC3CCN(C(=O)c4ccncc4)CC3)nc12. The van der Waals surface area contributed by atoms with Crippen molar-refractivity contribution in [1.29, 1.82) is 0 Å². The third-order valence-electron chi connectivity index (χ3n) is 6.28. The normalized spacial score (nSPS) is 14.1. The van der Waals surface area contributed by atoms with Crippen LogP contribution in [0, 0.1) is 6.92 Å². The van der Waals surface area contributed by atoms with Gasteiger partial charge in [0.05, 0.1) is 11.3 Å². The quantitative estimate of drug-likeness (QED) is 0.466. The third kappa shape index (κ3) is 5.01. The minimum absolute atomic E-state index is 0.00143. The van der Waals surface area contributed by atoms with E-state index in [0.717, 1.165) is 16.9 Å². The number of amides is 2. The maximum absolute atomic E-state index is 13.1. The van der Waals surface area contributed by atoms with Gasteiger partial charge in [-0.25, -0.2) is 4.98 Å². The van der Waals surface area contributed by atoms with E-state index in [0.29, 0.717) is 42.8 Å². The molecular weight excluding hydrogens is 442 g/mol. The number of fused-ring (bicyclic) bond motifs is 1. The van der Waals surface area contributed by atoms with E-state index in [-0.39, 0.29) is 24.5 Å². The summed E-state index contributed by atoms with van der Waals surface area (Å²) in [5.74, 6) is 0.340. The van der Waals surface area contributed by atoms with Crippen molar-refractivity contribution >= 4 is 17.5 Å². The van der Waals surface area contributed by atoms with E-state index >= 15 is 0 Å². The summed E-state index contributed by atoms with van der Waals surface area (Å²) >= 11 is 0. The topological polar surface area (TPSA) is 88.8 Å². The molecule has 5 rings (SSSR count). The molecule has 0 radical (unpaired) electrons. The maximum atomic E-state index is 13.1. The minimum Gasteiger partial charge on any atom is -0.486 e. The first kappa shape index (κ1) is 22.6. The van der Waals surface area contributed by atoms with Crippen LogP contribution >= 0.6 is 0 Å². The summed E-state index contributed by atoms with van der Waals surface area (Å²) < 4.78 is 7.98. The fourth-order valence-electron chi connectivity index (χ4n) is 4.37. The predicted molar refractivity (Wildman–Crippen MR) is 131 cm³/mol. The number of likely N-dealkylation sites (tertiary alicyclic amines) is 1. The Morgan fingerprint density at radius 1 is 1.06 bits per heavy atom. The molecule has 8 nitrogen and oxygen atoms in total. The molecule has 8 heteroatoms. The van der Waals surface area contributed by atoms with Crippen LogP contribution in [0.3, 0.4) is 0 Å². The second-order valence-electron chi connectivity index (χ2n) is 8.71. The summed E-state index contributed by atoms with van der Waals surface area (Å²) in [5, 5.41) is 3.12. The van der Waals surface area contributed by atoms with Crippen molar-refractivity contribution < 1.29 is 14.3 Å². The number of imidazole rings is 1. The van der Waals surface area contributed by atoms with Crippen LogP contribution in [-0.4, -0.2) is 50.2 Å². The molecule has 1 saturated heterocycles. The first-order chi connectivity index (χ1) is 17.1. The first-order valence-electron chi connectivity index (χ1n) is 11.7. The number of benzene rings is 1. The molecule has 0 aliphatic carbocycles. The maximum Gasteiger partial charge on any atom is 0.255 e. The van der Waals surface area contributed by atoms with Crippen LogP contribution in [0.4, 0.5) is 0 Å². The van der Waals surface area contributed by atoms with Gasteiger partial charge in [0, 0.05) is 49.5 Å². The highest BCUT2D eigenvalue weighted by atomic mass is 16.5. The smallest absolute Gasteiger partial charge is 0.255 e. The van der Waals surface area contributed by atoms with Crippen LogP contribution in [-0.2, 0) is 6.61 Å². The molecule has 3 aromatic heterocycles. The second-order valence-corrected chi connectivity index (χ2v) is 8.71. The molecule has 2 amide bonds. The van der Waals surface area contributed by atoms with Gasteiger partial charge in [0.1, 0.15) is 18.0 Å². The van der Waals surface area contributed by atoms with E-state index in [1.54, 1.807) is 36.7 Å². The molecule has 4 heterocycles. The molecule has 0 spiro atoms. The van der Waals surface area contributed by atoms with Crippen LogP contribution in [0.5, 0.6) is 5.75 Å². The lowest BCUT2D eigenvalue weighted by atomic mass is 10.0. The van der Waals surface area contributed by atoms with Gasteiger partial charge in [-0.05, 0) is 55.7 Å². The van der Waals surface area contributed by atoms with Crippen molar-refractivity contribution in [3.05, 3.63) is 95.7 Å². The summed E-state index contributed by atoms with van der Waals surface area (Å²) in [6.45, 7) is 3.47. The van der Waals surface area contributed by atoms with Crippen LogP contribution in [0.1, 0.15) is 44.8 Å². The predicted octanol–water partition coefficient (Wildman–Crippen LogP) is 3.65. The summed E-state index contributed by atoms with van der Waals surface area (Å²) in [7, 11) is 0. The number of piperidine rings is 1. The Morgan fingerprint density at radius 2 is 1.83 bits per heavy atom. The van der Waals surface area contributed by atoms with E-state index in [1.807, 2.05) is 52.9 Å². The number of aromatic nitrogens is 3. The Kier molecular flexibility index (Phi) is 6.43. The van der Waals surface area contributed by atoms with E-state index in [1.165, 1.54) is 0 Å². The Labute approximate surface area is 203 Å². The van der Waals surface area contributed by atoms with Crippen molar-refractivity contribution in [2.24, 2.45) is 0 Å². The average molecular weight is 470 g/mol. The molecular formula is C27H27N5O3. The fourth-order valence-corrected chi connectivity index (χ4v) is 4.37. The van der Waals surface area contributed by atoms with Gasteiger partial charge in [0.15, 0.2) is 0 Å². The molecule has 1 aromatic carbocycles. The molecule has 178 valence electrons. The van der Waals surface area contributed by atoms with Crippen LogP contribution in [0.2, 0.25) is 0 Å². The lowest BCUT2D eigenvalue weighted by molar-refractivity contribution is 0.0697. The molecule has 4 aromatic rings. The molecule has 0 unspecified atom stereocenters. The lowest BCUT2D eigenvalue weighted by Crippen LogP contribution is -2.46. The number of aryl methyl sites for hydroxylation is 1. The number of para-hydroxylation sites is 1. The number of hydrogen-bond donors (Lipinski definition) is 1. The zero-order chi connectivity index (χ0) is 24.2. The molecule has 35 heavy (non-hydrogen) atoms. The third-order valence-corrected chi connectivity index (χ3v) is 6.28. The monoisotopic (exact) mass is 469 g/mol. The number of nitrogens with one attached hydrogen (secondary N) is 1. The summed E-state index contributed by atoms with van der Waals surface area (Å²) in [4.78, 5) is 36.1. The Bertz CT molecular complexity index is 1340. The van der Waals surface area contributed by atoms with E-state index in [4.69, 9.17) is 4.74 Å². The molecule has 0 atom stereocenters. The Morgan fingerprint density at radius 3 is 2.60 bits per heavy atom. The highest BCUT2D eigenvalue weighted by Gasteiger charge is 2.25. The van der Waals surface area contributed by atoms with E-state index < -0.39 is 0 Å². The number of nitrogens with zero attached hydrogens (tertiary/aromatic N) is 4. The highest BCUT2D eigenvalue weighted by Crippen LogP contribution is 2.21. The van der Waals surface area contributed by atoms with Crippen molar-refractivity contribution in [3.63, 3.8) is 0 Å². The number of ether oxygens (including phenoxy) is 1. The standard InChI is InChI=1S/C27H27N5O3/c1-19-5-4-14-32-17-22(29-25(19)32)18-35-24-7-3-2-6-23(24)26(33)30-21-10-15-31(16-11-21)27(34)20-8-12-28-13-9-20/h2-9,12-14,17,21H,10-11,15-16,18H2,1H3,(H,30,33). The summed E-state index contributed by atoms with van der Waals surface area (Å²) in [5.41, 5.74) is 3.90. The van der Waals surface area contributed by atoms with Gasteiger partial charge in [0.2, 0.25) is 0 Å². The minimum atomic E-state index is -0.176. The van der Waals surface area contributed by atoms with Gasteiger partial charge in [-0.3, -0.25) is 14.6 Å². The zero-order valence-corrected chi connectivity index (χ0v) is 19.6. The molecule has 0 saturated carbocycles. The average Bonchev–Trinajstić information content (AvgIpc) is 3.33. The number of carbonyl (C=O) groups excluding carboxylic acids is 2. The second kappa shape index (κ2) is 9.97. The van der Waals surface area contributed by atoms with Gasteiger partial charge in [-0.2, -0.15) is 0 Å². The summed E-state index contributed by atoms with van der Waals surface area (Å²) in [6.07, 6.45) is 8.53. The summed E-state index contributed by atoms with van der Waals surface area (Å²) in [6, 6.07) is 14.7. The number of carbonyl (C=O) groups is 2. The number of hydrogen-bond acceptors (Lipinski definition) is 5. The lowest BCUT2D eigenvalue weighted by Gasteiger charge is -2.32. The van der Waals surface area contributed by atoms with E-state index in [2.05, 4.69) is 15.3 Å². The Balaban J connectivity index is 1.19. The van der Waals surface area contributed by atoms with Crippen molar-refractivity contribution in [2.75, 3.05) is 13.1 Å². The van der Waals surface area contributed by atoms with Gasteiger partial charge in [-0.1, -0.05) is 18.2 Å². The van der Waals surface area contributed by atoms with E-state index in [9.17, 15) is 9.59 Å². The molecule has 1 N–H and O–H groups in total. The largest absolute Gasteiger partial charge is 0.486 e. The molecule has 1 aliphatic heterocycles. The first-order valence-corrected chi connectivity index (χ1v) is 11.7. The van der Waals surface area contributed by atoms with Gasteiger partial charge >= 0.3 is 0 Å². The molecule has 0 bridgehead atoms. The van der Waals surface area contributed by atoms with Crippen LogP contribution in [0.25, 0.3) is 5.65 Å². The van der Waals surface area contributed by atoms with Gasteiger partial charge in [-0.15, -0.1) is 0 Å². The van der Waals surface area contributed by atoms with Crippen LogP contribution in [0.15, 0.2) is 73.3 Å². The van der Waals surface area contributed by atoms with Crippen molar-refractivity contribution in [1.82, 2.24) is 24.6 Å². The molecule has 1 aliphatic rings. The Hall–Kier alpha value is -4.20. The molecule has 1 fully saturated rings. The van der Waals surface area contributed by atoms with Crippen molar-refractivity contribution in [2.45, 2.75) is 32.4 Å². The fraction of sp³-hybridized carbons (Fsp3) is 0.259. The number of pyridine rings is 2. The number of rotatable bonds is 6. The zero-order valence-electron chi connectivity index (χ0n) is 19.6. The van der Waals surface area contributed by atoms with Gasteiger partial charge < -0.3 is 19.4 Å². The van der Waals surface area contributed by atoms with Crippen LogP contribution < -0.4 is 10.1 Å². The van der Waals surface area contributed by atoms with Crippen molar-refractivity contribution in [3.8, 4) is 5.75 Å². The highest BCUT2D eigenvalue weighted by molar-refractivity contribution is 5.97.